The van der Waals surface area contributed by atoms with E-state index in [0.29, 0.717) is 12.5 Å². The van der Waals surface area contributed by atoms with Crippen LogP contribution in [0.5, 0.6) is 0 Å². The second-order valence-electron chi connectivity index (χ2n) is 5.03. The molecule has 0 fully saturated rings. The van der Waals surface area contributed by atoms with Gasteiger partial charge in [0.05, 0.1) is 11.4 Å². The van der Waals surface area contributed by atoms with Crippen molar-refractivity contribution in [2.45, 2.75) is 38.8 Å². The molecule has 1 aliphatic heterocycles. The van der Waals surface area contributed by atoms with Crippen molar-refractivity contribution >= 4 is 0 Å². The Morgan fingerprint density at radius 2 is 2.11 bits per heavy atom. The highest BCUT2D eigenvalue weighted by Crippen LogP contribution is 2.32. The SMILES string of the molecule is CC1CCCn2c1nc(-c1ccccc1)c2CN. The van der Waals surface area contributed by atoms with Gasteiger partial charge in [-0.2, -0.15) is 0 Å². The molecule has 1 unspecified atom stereocenters. The van der Waals surface area contributed by atoms with Crippen LogP contribution in [0.1, 0.15) is 37.2 Å². The topological polar surface area (TPSA) is 43.8 Å². The largest absolute Gasteiger partial charge is 0.330 e. The molecule has 0 radical (unpaired) electrons. The number of hydrogen-bond acceptors (Lipinski definition) is 2. The first-order chi connectivity index (χ1) is 8.81. The molecule has 0 aliphatic carbocycles. The van der Waals surface area contributed by atoms with Crippen LogP contribution in [-0.2, 0) is 13.1 Å². The summed E-state index contributed by atoms with van der Waals surface area (Å²) in [6.45, 7) is 3.88. The van der Waals surface area contributed by atoms with E-state index in [1.807, 2.05) is 6.07 Å². The van der Waals surface area contributed by atoms with E-state index in [0.717, 1.165) is 12.2 Å². The van der Waals surface area contributed by atoms with E-state index >= 15 is 0 Å². The fourth-order valence-corrected chi connectivity index (χ4v) is 2.85. The summed E-state index contributed by atoms with van der Waals surface area (Å²) in [5.74, 6) is 1.75. The first-order valence-electron chi connectivity index (χ1n) is 6.66. The number of nitrogens with two attached hydrogens (primary N) is 1. The Bertz CT molecular complexity index is 542. The molecule has 2 aromatic rings. The van der Waals surface area contributed by atoms with E-state index in [-0.39, 0.29) is 0 Å². The molecule has 0 amide bonds. The van der Waals surface area contributed by atoms with Gasteiger partial charge in [-0.3, -0.25) is 0 Å². The van der Waals surface area contributed by atoms with Crippen molar-refractivity contribution in [1.82, 2.24) is 9.55 Å². The van der Waals surface area contributed by atoms with Gasteiger partial charge in [0.15, 0.2) is 0 Å². The fourth-order valence-electron chi connectivity index (χ4n) is 2.85. The molecule has 0 spiro atoms. The first kappa shape index (κ1) is 11.5. The molecule has 1 aromatic carbocycles. The Kier molecular flexibility index (Phi) is 2.92. The predicted molar refractivity (Wildman–Crippen MR) is 73.2 cm³/mol. The maximum atomic E-state index is 5.94. The third kappa shape index (κ3) is 1.75. The van der Waals surface area contributed by atoms with Crippen molar-refractivity contribution < 1.29 is 0 Å². The summed E-state index contributed by atoms with van der Waals surface area (Å²) in [7, 11) is 0. The minimum Gasteiger partial charge on any atom is -0.330 e. The fraction of sp³-hybridized carbons (Fsp3) is 0.400. The van der Waals surface area contributed by atoms with Crippen LogP contribution in [-0.4, -0.2) is 9.55 Å². The van der Waals surface area contributed by atoms with Crippen LogP contribution >= 0.6 is 0 Å². The molecule has 1 aliphatic rings. The quantitative estimate of drug-likeness (QED) is 0.878. The number of nitrogens with zero attached hydrogens (tertiary/aromatic N) is 2. The third-order valence-corrected chi connectivity index (χ3v) is 3.80. The minimum atomic E-state index is 0.543. The summed E-state index contributed by atoms with van der Waals surface area (Å²) in [5, 5.41) is 0. The molecule has 2 heterocycles. The molecule has 3 nitrogen and oxygen atoms in total. The zero-order chi connectivity index (χ0) is 12.5. The Labute approximate surface area is 108 Å². The van der Waals surface area contributed by atoms with E-state index in [2.05, 4.69) is 35.8 Å². The maximum Gasteiger partial charge on any atom is 0.112 e. The smallest absolute Gasteiger partial charge is 0.112 e. The lowest BCUT2D eigenvalue weighted by Gasteiger charge is -2.21. The summed E-state index contributed by atoms with van der Waals surface area (Å²) < 4.78 is 2.33. The van der Waals surface area contributed by atoms with Crippen molar-refractivity contribution in [3.8, 4) is 11.3 Å². The van der Waals surface area contributed by atoms with Crippen molar-refractivity contribution in [3.63, 3.8) is 0 Å². The molecular weight excluding hydrogens is 222 g/mol. The molecule has 0 bridgehead atoms. The molecular formula is C15H19N3. The van der Waals surface area contributed by atoms with Gasteiger partial charge in [0.1, 0.15) is 5.82 Å². The van der Waals surface area contributed by atoms with Gasteiger partial charge < -0.3 is 10.3 Å². The lowest BCUT2D eigenvalue weighted by molar-refractivity contribution is 0.454. The highest BCUT2D eigenvalue weighted by Gasteiger charge is 2.23. The highest BCUT2D eigenvalue weighted by atomic mass is 15.1. The lowest BCUT2D eigenvalue weighted by Crippen LogP contribution is -2.17. The number of fused-ring (bicyclic) bond motifs is 1. The van der Waals surface area contributed by atoms with Gasteiger partial charge in [-0.15, -0.1) is 0 Å². The van der Waals surface area contributed by atoms with Gasteiger partial charge in [0.2, 0.25) is 0 Å². The Hall–Kier alpha value is -1.61. The molecule has 3 heteroatoms. The van der Waals surface area contributed by atoms with E-state index in [9.17, 15) is 0 Å². The summed E-state index contributed by atoms with van der Waals surface area (Å²) in [5.41, 5.74) is 9.37. The first-order valence-corrected chi connectivity index (χ1v) is 6.66. The van der Waals surface area contributed by atoms with Crippen LogP contribution < -0.4 is 5.73 Å². The minimum absolute atomic E-state index is 0.543. The predicted octanol–water partition coefficient (Wildman–Crippen LogP) is 2.91. The second-order valence-corrected chi connectivity index (χ2v) is 5.03. The number of imidazole rings is 1. The van der Waals surface area contributed by atoms with Gasteiger partial charge in [0.25, 0.3) is 0 Å². The van der Waals surface area contributed by atoms with Crippen molar-refractivity contribution in [2.75, 3.05) is 0 Å². The summed E-state index contributed by atoms with van der Waals surface area (Å²) in [6.07, 6.45) is 2.46. The molecule has 1 atom stereocenters. The van der Waals surface area contributed by atoms with Gasteiger partial charge in [0, 0.05) is 24.6 Å². The lowest BCUT2D eigenvalue weighted by atomic mass is 10.0. The maximum absolute atomic E-state index is 5.94. The summed E-state index contributed by atoms with van der Waals surface area (Å²) >= 11 is 0. The van der Waals surface area contributed by atoms with Crippen LogP contribution in [0.4, 0.5) is 0 Å². The molecule has 2 N–H and O–H groups in total. The Balaban J connectivity index is 2.16. The van der Waals surface area contributed by atoms with Crippen molar-refractivity contribution in [3.05, 3.63) is 41.9 Å². The second kappa shape index (κ2) is 4.58. The van der Waals surface area contributed by atoms with Gasteiger partial charge in [-0.05, 0) is 12.8 Å². The van der Waals surface area contributed by atoms with Crippen molar-refractivity contribution in [1.29, 1.82) is 0 Å². The van der Waals surface area contributed by atoms with E-state index in [1.165, 1.54) is 29.9 Å². The number of hydrogen-bond donors (Lipinski definition) is 1. The molecule has 18 heavy (non-hydrogen) atoms. The summed E-state index contributed by atoms with van der Waals surface area (Å²) in [6, 6.07) is 10.4. The monoisotopic (exact) mass is 241 g/mol. The molecule has 0 saturated heterocycles. The average Bonchev–Trinajstić information content (AvgIpc) is 2.80. The zero-order valence-electron chi connectivity index (χ0n) is 10.8. The van der Waals surface area contributed by atoms with Crippen molar-refractivity contribution in [2.24, 2.45) is 5.73 Å². The van der Waals surface area contributed by atoms with Gasteiger partial charge >= 0.3 is 0 Å². The third-order valence-electron chi connectivity index (χ3n) is 3.80. The van der Waals surface area contributed by atoms with Gasteiger partial charge in [-0.1, -0.05) is 37.3 Å². The standard InChI is InChI=1S/C15H19N3/c1-11-6-5-9-18-13(10-16)14(17-15(11)18)12-7-3-2-4-8-12/h2-4,7-8,11H,5-6,9-10,16H2,1H3. The molecule has 1 aromatic heterocycles. The molecule has 3 rings (SSSR count). The Morgan fingerprint density at radius 1 is 1.33 bits per heavy atom. The van der Waals surface area contributed by atoms with E-state index in [4.69, 9.17) is 10.7 Å². The number of aromatic nitrogens is 2. The number of rotatable bonds is 2. The van der Waals surface area contributed by atoms with E-state index in [1.54, 1.807) is 0 Å². The van der Waals surface area contributed by atoms with Gasteiger partial charge in [-0.25, -0.2) is 4.98 Å². The average molecular weight is 241 g/mol. The van der Waals surface area contributed by atoms with Crippen LogP contribution in [0.2, 0.25) is 0 Å². The van der Waals surface area contributed by atoms with Crippen LogP contribution in [0.25, 0.3) is 11.3 Å². The Morgan fingerprint density at radius 3 is 2.83 bits per heavy atom. The van der Waals surface area contributed by atoms with E-state index < -0.39 is 0 Å². The van der Waals surface area contributed by atoms with Crippen LogP contribution in [0.15, 0.2) is 30.3 Å². The summed E-state index contributed by atoms with van der Waals surface area (Å²) in [4.78, 5) is 4.86. The zero-order valence-corrected chi connectivity index (χ0v) is 10.8. The highest BCUT2D eigenvalue weighted by molar-refractivity contribution is 5.62. The number of benzene rings is 1. The van der Waals surface area contributed by atoms with Crippen LogP contribution in [0.3, 0.4) is 0 Å². The van der Waals surface area contributed by atoms with Crippen LogP contribution in [0, 0.1) is 0 Å². The normalized spacial score (nSPS) is 18.7. The molecule has 0 saturated carbocycles. The molecule has 94 valence electrons.